The first-order chi connectivity index (χ1) is 8.71. The van der Waals surface area contributed by atoms with Crippen LogP contribution in [-0.2, 0) is 0 Å². The predicted molar refractivity (Wildman–Crippen MR) is 77.8 cm³/mol. The molecule has 0 nitrogen and oxygen atoms in total. The minimum Gasteiger partial charge on any atom is -0.207 e. The molecule has 0 aliphatic carbocycles. The summed E-state index contributed by atoms with van der Waals surface area (Å²) in [7, 11) is 0. The summed E-state index contributed by atoms with van der Waals surface area (Å²) in [5.41, 5.74) is 1.17. The molecule has 1 aromatic carbocycles. The van der Waals surface area contributed by atoms with Crippen LogP contribution in [0.25, 0.3) is 0 Å². The second-order valence-electron chi connectivity index (χ2n) is 5.05. The van der Waals surface area contributed by atoms with Crippen molar-refractivity contribution < 1.29 is 4.39 Å². The Kier molecular flexibility index (Phi) is 7.34. The zero-order valence-corrected chi connectivity index (χ0v) is 12.2. The van der Waals surface area contributed by atoms with Crippen molar-refractivity contribution in [2.75, 3.05) is 5.88 Å². The van der Waals surface area contributed by atoms with Crippen molar-refractivity contribution in [1.29, 1.82) is 0 Å². The molecular formula is C16H24ClF. The lowest BCUT2D eigenvalue weighted by Gasteiger charge is -2.21. The van der Waals surface area contributed by atoms with Crippen LogP contribution in [0, 0.1) is 11.7 Å². The molecule has 0 radical (unpaired) electrons. The third kappa shape index (κ3) is 4.97. The van der Waals surface area contributed by atoms with E-state index in [1.54, 1.807) is 0 Å². The monoisotopic (exact) mass is 270 g/mol. The van der Waals surface area contributed by atoms with Crippen molar-refractivity contribution in [3.8, 4) is 0 Å². The van der Waals surface area contributed by atoms with Gasteiger partial charge in [0.25, 0.3) is 0 Å². The zero-order valence-electron chi connectivity index (χ0n) is 11.5. The SMILES string of the molecule is CCCCC(CC)CC(CCl)c1ccc(F)cc1. The summed E-state index contributed by atoms with van der Waals surface area (Å²) in [6.07, 6.45) is 6.14. The maximum absolute atomic E-state index is 12.9. The Morgan fingerprint density at radius 2 is 1.83 bits per heavy atom. The molecule has 0 aromatic heterocycles. The molecule has 0 aliphatic heterocycles. The maximum atomic E-state index is 12.9. The Balaban J connectivity index is 2.62. The standard InChI is InChI=1S/C16H24ClF/c1-3-5-6-13(4-2)11-15(12-17)14-7-9-16(18)10-8-14/h7-10,13,15H,3-6,11-12H2,1-2H3. The van der Waals surface area contributed by atoms with Crippen LogP contribution < -0.4 is 0 Å². The molecule has 2 atom stereocenters. The molecule has 18 heavy (non-hydrogen) atoms. The summed E-state index contributed by atoms with van der Waals surface area (Å²) < 4.78 is 12.9. The van der Waals surface area contributed by atoms with Crippen LogP contribution in [0.2, 0.25) is 0 Å². The molecule has 0 spiro atoms. The fourth-order valence-electron chi connectivity index (χ4n) is 2.41. The Morgan fingerprint density at radius 3 is 2.33 bits per heavy atom. The summed E-state index contributed by atoms with van der Waals surface area (Å²) in [4.78, 5) is 0. The number of hydrogen-bond donors (Lipinski definition) is 0. The van der Waals surface area contributed by atoms with Gasteiger partial charge < -0.3 is 0 Å². The van der Waals surface area contributed by atoms with Gasteiger partial charge in [-0.25, -0.2) is 4.39 Å². The molecule has 2 unspecified atom stereocenters. The lowest BCUT2D eigenvalue weighted by molar-refractivity contribution is 0.395. The van der Waals surface area contributed by atoms with E-state index in [9.17, 15) is 4.39 Å². The van der Waals surface area contributed by atoms with Crippen LogP contribution in [0.15, 0.2) is 24.3 Å². The van der Waals surface area contributed by atoms with Gasteiger partial charge >= 0.3 is 0 Å². The Labute approximate surface area is 116 Å². The van der Waals surface area contributed by atoms with Gasteiger partial charge in [-0.15, -0.1) is 11.6 Å². The molecule has 2 heteroatoms. The highest BCUT2D eigenvalue weighted by Gasteiger charge is 2.16. The van der Waals surface area contributed by atoms with Crippen molar-refractivity contribution in [2.24, 2.45) is 5.92 Å². The largest absolute Gasteiger partial charge is 0.207 e. The minimum absolute atomic E-state index is 0.176. The van der Waals surface area contributed by atoms with E-state index < -0.39 is 0 Å². The lowest BCUT2D eigenvalue weighted by atomic mass is 9.86. The lowest BCUT2D eigenvalue weighted by Crippen LogP contribution is -2.09. The van der Waals surface area contributed by atoms with Crippen LogP contribution in [0.3, 0.4) is 0 Å². The van der Waals surface area contributed by atoms with Crippen molar-refractivity contribution in [3.05, 3.63) is 35.6 Å². The van der Waals surface area contributed by atoms with Gasteiger partial charge in [0.15, 0.2) is 0 Å². The zero-order chi connectivity index (χ0) is 13.4. The second-order valence-corrected chi connectivity index (χ2v) is 5.36. The Morgan fingerprint density at radius 1 is 1.17 bits per heavy atom. The highest BCUT2D eigenvalue weighted by molar-refractivity contribution is 6.18. The van der Waals surface area contributed by atoms with Crippen molar-refractivity contribution >= 4 is 11.6 Å². The van der Waals surface area contributed by atoms with E-state index in [0.717, 1.165) is 12.3 Å². The van der Waals surface area contributed by atoms with Crippen LogP contribution in [0.4, 0.5) is 4.39 Å². The van der Waals surface area contributed by atoms with Gasteiger partial charge in [-0.1, -0.05) is 51.7 Å². The molecule has 0 fully saturated rings. The number of rotatable bonds is 8. The average Bonchev–Trinajstić information content (AvgIpc) is 2.40. The van der Waals surface area contributed by atoms with Crippen LogP contribution in [-0.4, -0.2) is 5.88 Å². The Hall–Kier alpha value is -0.560. The van der Waals surface area contributed by atoms with Crippen molar-refractivity contribution in [1.82, 2.24) is 0 Å². The summed E-state index contributed by atoms with van der Waals surface area (Å²) in [5.74, 6) is 1.53. The topological polar surface area (TPSA) is 0 Å². The highest BCUT2D eigenvalue weighted by Crippen LogP contribution is 2.29. The van der Waals surface area contributed by atoms with E-state index in [1.165, 1.54) is 43.4 Å². The first kappa shape index (κ1) is 15.5. The fourth-order valence-corrected chi connectivity index (χ4v) is 2.71. The first-order valence-electron chi connectivity index (χ1n) is 7.02. The predicted octanol–water partition coefficient (Wildman–Crippen LogP) is 5.75. The van der Waals surface area contributed by atoms with E-state index in [1.807, 2.05) is 12.1 Å². The summed E-state index contributed by atoms with van der Waals surface area (Å²) in [6.45, 7) is 4.47. The van der Waals surface area contributed by atoms with Crippen LogP contribution in [0.5, 0.6) is 0 Å². The van der Waals surface area contributed by atoms with Gasteiger partial charge in [-0.2, -0.15) is 0 Å². The highest BCUT2D eigenvalue weighted by atomic mass is 35.5. The summed E-state index contributed by atoms with van der Waals surface area (Å²) in [5, 5.41) is 0. The average molecular weight is 271 g/mol. The summed E-state index contributed by atoms with van der Waals surface area (Å²) >= 11 is 6.08. The molecule has 0 saturated carbocycles. The molecule has 102 valence electrons. The minimum atomic E-state index is -0.176. The van der Waals surface area contributed by atoms with Crippen LogP contribution in [0.1, 0.15) is 57.4 Å². The van der Waals surface area contributed by atoms with Gasteiger partial charge in [0.1, 0.15) is 5.82 Å². The Bertz CT molecular complexity index is 320. The number of hydrogen-bond acceptors (Lipinski definition) is 0. The van der Waals surface area contributed by atoms with Gasteiger partial charge in [-0.05, 0) is 36.0 Å². The van der Waals surface area contributed by atoms with Crippen molar-refractivity contribution in [2.45, 2.75) is 51.9 Å². The van der Waals surface area contributed by atoms with Crippen LogP contribution >= 0.6 is 11.6 Å². The molecule has 0 bridgehead atoms. The molecule has 0 saturated heterocycles. The number of benzene rings is 1. The molecule has 0 amide bonds. The molecular weight excluding hydrogens is 247 g/mol. The van der Waals surface area contributed by atoms with Gasteiger partial charge in [0.2, 0.25) is 0 Å². The number of halogens is 2. The van der Waals surface area contributed by atoms with E-state index in [4.69, 9.17) is 11.6 Å². The van der Waals surface area contributed by atoms with E-state index >= 15 is 0 Å². The van der Waals surface area contributed by atoms with E-state index in [-0.39, 0.29) is 5.82 Å². The molecule has 1 aromatic rings. The summed E-state index contributed by atoms with van der Waals surface area (Å²) in [6, 6.07) is 6.80. The number of unbranched alkanes of at least 4 members (excludes halogenated alkanes) is 1. The number of alkyl halides is 1. The quantitative estimate of drug-likeness (QED) is 0.527. The normalized spacial score (nSPS) is 14.4. The maximum Gasteiger partial charge on any atom is 0.123 e. The van der Waals surface area contributed by atoms with E-state index in [0.29, 0.717) is 11.8 Å². The molecule has 0 heterocycles. The van der Waals surface area contributed by atoms with E-state index in [2.05, 4.69) is 13.8 Å². The smallest absolute Gasteiger partial charge is 0.123 e. The van der Waals surface area contributed by atoms with Gasteiger partial charge in [-0.3, -0.25) is 0 Å². The van der Waals surface area contributed by atoms with Gasteiger partial charge in [0.05, 0.1) is 0 Å². The fraction of sp³-hybridized carbons (Fsp3) is 0.625. The van der Waals surface area contributed by atoms with Crippen molar-refractivity contribution in [3.63, 3.8) is 0 Å². The second kappa shape index (κ2) is 8.53. The molecule has 0 N–H and O–H groups in total. The molecule has 1 rings (SSSR count). The van der Waals surface area contributed by atoms with Gasteiger partial charge in [0, 0.05) is 5.88 Å². The molecule has 0 aliphatic rings. The third-order valence-electron chi connectivity index (χ3n) is 3.69. The third-order valence-corrected chi connectivity index (χ3v) is 4.06. The first-order valence-corrected chi connectivity index (χ1v) is 7.56.